The lowest BCUT2D eigenvalue weighted by Gasteiger charge is -2.41. The number of carboxylic acids is 1. The van der Waals surface area contributed by atoms with Crippen LogP contribution in [-0.2, 0) is 14.3 Å². The number of rotatable bonds is 5. The summed E-state index contributed by atoms with van der Waals surface area (Å²) >= 11 is 1.19. The van der Waals surface area contributed by atoms with E-state index in [1.807, 2.05) is 0 Å². The van der Waals surface area contributed by atoms with Gasteiger partial charge in [0.05, 0.1) is 6.10 Å². The highest BCUT2D eigenvalue weighted by Crippen LogP contribution is 2.29. The van der Waals surface area contributed by atoms with E-state index in [-0.39, 0.29) is 0 Å². The van der Waals surface area contributed by atoms with Gasteiger partial charge in [0.2, 0.25) is 0 Å². The summed E-state index contributed by atoms with van der Waals surface area (Å²) in [6.45, 7) is 1.02. The van der Waals surface area contributed by atoms with Crippen LogP contribution in [0.4, 0.5) is 0 Å². The molecule has 7 nitrogen and oxygen atoms in total. The van der Waals surface area contributed by atoms with Crippen molar-refractivity contribution in [3.63, 3.8) is 0 Å². The van der Waals surface area contributed by atoms with E-state index in [1.165, 1.54) is 11.8 Å². The summed E-state index contributed by atoms with van der Waals surface area (Å²) in [6.07, 6.45) is -3.78. The van der Waals surface area contributed by atoms with Gasteiger partial charge >= 0.3 is 5.97 Å². The first-order valence-corrected chi connectivity index (χ1v) is 6.73. The number of carbonyl (C=O) groups is 1. The van der Waals surface area contributed by atoms with Crippen LogP contribution in [0.5, 0.6) is 0 Å². The lowest BCUT2D eigenvalue weighted by atomic mass is 9.97. The second kappa shape index (κ2) is 6.69. The van der Waals surface area contributed by atoms with Crippen LogP contribution in [0.2, 0.25) is 0 Å². The second-order valence-electron chi connectivity index (χ2n) is 4.09. The van der Waals surface area contributed by atoms with E-state index in [4.69, 9.17) is 14.6 Å². The Labute approximate surface area is 109 Å². The third kappa shape index (κ3) is 3.56. The van der Waals surface area contributed by atoms with Crippen LogP contribution < -0.4 is 0 Å². The van der Waals surface area contributed by atoms with E-state index in [2.05, 4.69) is 0 Å². The minimum Gasteiger partial charge on any atom is -0.480 e. The molecule has 1 aliphatic rings. The summed E-state index contributed by atoms with van der Waals surface area (Å²) in [6, 6.07) is 0. The van der Waals surface area contributed by atoms with Crippen molar-refractivity contribution in [2.45, 2.75) is 42.9 Å². The average Bonchev–Trinajstić information content (AvgIpc) is 2.33. The van der Waals surface area contributed by atoms with Gasteiger partial charge in [-0.1, -0.05) is 0 Å². The zero-order valence-electron chi connectivity index (χ0n) is 10.1. The Kier molecular flexibility index (Phi) is 5.83. The first kappa shape index (κ1) is 15.7. The van der Waals surface area contributed by atoms with E-state index < -0.39 is 48.5 Å². The molecule has 106 valence electrons. The number of aliphatic hydroxyl groups excluding tert-OH is 3. The van der Waals surface area contributed by atoms with Crippen molar-refractivity contribution in [2.75, 3.05) is 12.9 Å². The Bertz CT molecular complexity index is 285. The van der Waals surface area contributed by atoms with Crippen LogP contribution in [0, 0.1) is 0 Å². The minimum absolute atomic E-state index is 0.518. The molecule has 8 heteroatoms. The summed E-state index contributed by atoms with van der Waals surface area (Å²) in [5, 5.41) is 37.6. The summed E-state index contributed by atoms with van der Waals surface area (Å²) in [7, 11) is 0. The van der Waals surface area contributed by atoms with Gasteiger partial charge in [-0.15, -0.1) is 11.8 Å². The molecule has 1 aliphatic heterocycles. The Hall–Kier alpha value is -0.380. The molecule has 1 rings (SSSR count). The van der Waals surface area contributed by atoms with Crippen LogP contribution in [0.15, 0.2) is 0 Å². The van der Waals surface area contributed by atoms with Crippen molar-refractivity contribution in [1.29, 1.82) is 0 Å². The maximum Gasteiger partial charge on any atom is 0.329 e. The molecule has 1 saturated heterocycles. The monoisotopic (exact) mass is 282 g/mol. The molecule has 18 heavy (non-hydrogen) atoms. The molecular formula is C10H18O7S. The quantitative estimate of drug-likeness (QED) is 0.489. The predicted molar refractivity (Wildman–Crippen MR) is 63.2 cm³/mol. The normalized spacial score (nSPS) is 38.4. The van der Waals surface area contributed by atoms with E-state index in [1.54, 1.807) is 13.2 Å². The number of hydrogen-bond donors (Lipinski definition) is 4. The van der Waals surface area contributed by atoms with Gasteiger partial charge in [0.1, 0.15) is 36.5 Å². The van der Waals surface area contributed by atoms with Crippen molar-refractivity contribution < 1.29 is 34.7 Å². The van der Waals surface area contributed by atoms with Gasteiger partial charge in [-0.25, -0.2) is 4.79 Å². The first-order valence-electron chi connectivity index (χ1n) is 5.44. The third-order valence-corrected chi connectivity index (χ3v) is 3.63. The number of aliphatic carboxylic acids is 1. The molecule has 0 aromatic rings. The highest BCUT2D eigenvalue weighted by molar-refractivity contribution is 7.99. The first-order chi connectivity index (χ1) is 8.38. The molecule has 1 heterocycles. The standard InChI is InChI=1S/C10H18O7S/c1-4(16-3-5(11)12)9-7(14)6(13)8(15)10(17-9)18-2/h4,6-10,13-15H,3H2,1-2H3,(H,11,12)/t4?,6-,7-,8+,9+,10-/m1/s1. The zero-order chi connectivity index (χ0) is 13.9. The SMILES string of the molecule is CS[C@H]1O[C@@H](C(C)OCC(=O)O)[C@H](O)[C@@H](O)[C@@H]1O. The largest absolute Gasteiger partial charge is 0.480 e. The molecule has 6 atom stereocenters. The number of hydrogen-bond acceptors (Lipinski definition) is 7. The van der Waals surface area contributed by atoms with Crippen molar-refractivity contribution in [3.8, 4) is 0 Å². The molecule has 1 fully saturated rings. The molecule has 0 aliphatic carbocycles. The van der Waals surface area contributed by atoms with Crippen LogP contribution in [0.1, 0.15) is 6.92 Å². The third-order valence-electron chi connectivity index (χ3n) is 2.77. The fourth-order valence-electron chi connectivity index (χ4n) is 1.75. The molecule has 4 N–H and O–H groups in total. The van der Waals surface area contributed by atoms with Gasteiger partial charge in [-0.05, 0) is 13.2 Å². The number of aliphatic hydroxyl groups is 3. The van der Waals surface area contributed by atoms with E-state index in [0.29, 0.717) is 0 Å². The van der Waals surface area contributed by atoms with Crippen LogP contribution >= 0.6 is 11.8 Å². The van der Waals surface area contributed by atoms with Crippen LogP contribution in [0.25, 0.3) is 0 Å². The number of ether oxygens (including phenoxy) is 2. The highest BCUT2D eigenvalue weighted by Gasteiger charge is 2.45. The summed E-state index contributed by atoms with van der Waals surface area (Å²) < 4.78 is 10.4. The van der Waals surface area contributed by atoms with Crippen LogP contribution in [-0.4, -0.2) is 75.2 Å². The maximum atomic E-state index is 10.4. The predicted octanol–water partition coefficient (Wildman–Crippen LogP) is -1.35. The fourth-order valence-corrected chi connectivity index (χ4v) is 2.43. The van der Waals surface area contributed by atoms with Crippen molar-refractivity contribution in [2.24, 2.45) is 0 Å². The maximum absolute atomic E-state index is 10.4. The Balaban J connectivity index is 2.65. The Morgan fingerprint density at radius 1 is 1.33 bits per heavy atom. The Morgan fingerprint density at radius 3 is 2.44 bits per heavy atom. The highest BCUT2D eigenvalue weighted by atomic mass is 32.2. The zero-order valence-corrected chi connectivity index (χ0v) is 10.9. The summed E-state index contributed by atoms with van der Waals surface area (Å²) in [5.74, 6) is -1.13. The second-order valence-corrected chi connectivity index (χ2v) is 5.02. The van der Waals surface area contributed by atoms with Gasteiger partial charge in [-0.3, -0.25) is 0 Å². The van der Waals surface area contributed by atoms with E-state index in [0.717, 1.165) is 0 Å². The van der Waals surface area contributed by atoms with Crippen molar-refractivity contribution in [1.82, 2.24) is 0 Å². The van der Waals surface area contributed by atoms with Gasteiger partial charge in [0.25, 0.3) is 0 Å². The van der Waals surface area contributed by atoms with Gasteiger partial charge in [0.15, 0.2) is 0 Å². The van der Waals surface area contributed by atoms with Crippen LogP contribution in [0.3, 0.4) is 0 Å². The average molecular weight is 282 g/mol. The number of carboxylic acid groups (broad SMARTS) is 1. The lowest BCUT2D eigenvalue weighted by Crippen LogP contribution is -2.59. The topological polar surface area (TPSA) is 116 Å². The van der Waals surface area contributed by atoms with Gasteiger partial charge in [0, 0.05) is 0 Å². The number of thioether (sulfide) groups is 1. The van der Waals surface area contributed by atoms with Gasteiger partial charge < -0.3 is 29.9 Å². The summed E-state index contributed by atoms with van der Waals surface area (Å²) in [4.78, 5) is 10.4. The molecule has 1 unspecified atom stereocenters. The van der Waals surface area contributed by atoms with E-state index >= 15 is 0 Å². The molecule has 0 spiro atoms. The molecule has 0 radical (unpaired) electrons. The van der Waals surface area contributed by atoms with Crippen molar-refractivity contribution >= 4 is 17.7 Å². The fraction of sp³-hybridized carbons (Fsp3) is 0.900. The van der Waals surface area contributed by atoms with Crippen molar-refractivity contribution in [3.05, 3.63) is 0 Å². The van der Waals surface area contributed by atoms with Gasteiger partial charge in [-0.2, -0.15) is 0 Å². The molecule has 0 saturated carbocycles. The molecular weight excluding hydrogens is 264 g/mol. The molecule has 0 amide bonds. The summed E-state index contributed by atoms with van der Waals surface area (Å²) in [5.41, 5.74) is -0.690. The molecule has 0 bridgehead atoms. The molecule has 0 aromatic heterocycles. The lowest BCUT2D eigenvalue weighted by molar-refractivity contribution is -0.225. The van der Waals surface area contributed by atoms with E-state index in [9.17, 15) is 20.1 Å². The molecule has 0 aromatic carbocycles. The Morgan fingerprint density at radius 2 is 1.94 bits per heavy atom. The smallest absolute Gasteiger partial charge is 0.329 e. The minimum atomic E-state index is -1.35.